The van der Waals surface area contributed by atoms with E-state index in [1.165, 1.54) is 18.2 Å². The summed E-state index contributed by atoms with van der Waals surface area (Å²) in [7, 11) is -1.66. The minimum Gasteiger partial charge on any atom is -0.386 e. The fourth-order valence-corrected chi connectivity index (χ4v) is 4.28. The van der Waals surface area contributed by atoms with Crippen molar-refractivity contribution >= 4 is 22.3 Å². The van der Waals surface area contributed by atoms with Crippen LogP contribution in [0, 0.1) is 21.7 Å². The van der Waals surface area contributed by atoms with E-state index in [0.717, 1.165) is 18.2 Å². The van der Waals surface area contributed by atoms with Gasteiger partial charge in [-0.1, -0.05) is 18.2 Å². The minimum absolute atomic E-state index is 0.0579. The maximum Gasteiger partial charge on any atom is 0.269 e. The van der Waals surface area contributed by atoms with Crippen molar-refractivity contribution in [3.05, 3.63) is 75.3 Å². The number of aliphatic imine (C=N–C) groups is 1. The van der Waals surface area contributed by atoms with E-state index in [2.05, 4.69) is 4.99 Å². The lowest BCUT2D eigenvalue weighted by Gasteiger charge is -2.26. The zero-order valence-corrected chi connectivity index (χ0v) is 13.6. The topological polar surface area (TPSA) is 98.6 Å². The number of rotatable bonds is 3. The van der Waals surface area contributed by atoms with E-state index in [4.69, 9.17) is 5.73 Å². The first kappa shape index (κ1) is 17.2. The molecule has 2 aromatic rings. The number of nitrogens with two attached hydrogens (primary N) is 1. The van der Waals surface area contributed by atoms with Crippen molar-refractivity contribution in [3.8, 4) is 0 Å². The molecule has 3 atom stereocenters. The van der Waals surface area contributed by atoms with Gasteiger partial charge in [-0.05, 0) is 12.1 Å². The third-order valence-corrected chi connectivity index (χ3v) is 5.56. The number of hydrogen-bond donors (Lipinski definition) is 1. The van der Waals surface area contributed by atoms with Crippen LogP contribution in [0.5, 0.6) is 0 Å². The van der Waals surface area contributed by atoms with Gasteiger partial charge in [0.05, 0.1) is 16.7 Å². The van der Waals surface area contributed by atoms with Gasteiger partial charge in [0.2, 0.25) is 0 Å². The van der Waals surface area contributed by atoms with E-state index < -0.39 is 38.6 Å². The minimum atomic E-state index is -1.66. The number of nitro benzene ring substituents is 1. The molecule has 0 aromatic heterocycles. The second-order valence-corrected chi connectivity index (χ2v) is 7.05. The highest BCUT2D eigenvalue weighted by Gasteiger charge is 2.34. The highest BCUT2D eigenvalue weighted by atomic mass is 32.2. The highest BCUT2D eigenvalue weighted by molar-refractivity contribution is 7.86. The van der Waals surface area contributed by atoms with Crippen LogP contribution in [-0.2, 0) is 10.8 Å². The van der Waals surface area contributed by atoms with E-state index in [9.17, 15) is 23.1 Å². The first-order valence-electron chi connectivity index (χ1n) is 7.27. The Morgan fingerprint density at radius 2 is 1.84 bits per heavy atom. The van der Waals surface area contributed by atoms with Crippen molar-refractivity contribution in [1.29, 1.82) is 0 Å². The van der Waals surface area contributed by atoms with Gasteiger partial charge in [-0.25, -0.2) is 8.78 Å². The molecule has 1 aliphatic heterocycles. The lowest BCUT2D eigenvalue weighted by atomic mass is 10.1. The first-order valence-corrected chi connectivity index (χ1v) is 8.65. The van der Waals surface area contributed by atoms with Crippen LogP contribution in [0.15, 0.2) is 47.5 Å². The van der Waals surface area contributed by atoms with Crippen molar-refractivity contribution in [1.82, 2.24) is 0 Å². The zero-order chi connectivity index (χ0) is 18.1. The summed E-state index contributed by atoms with van der Waals surface area (Å²) in [6.07, 6.45) is 0. The largest absolute Gasteiger partial charge is 0.386 e. The molecule has 3 rings (SSSR count). The normalized spacial score (nSPS) is 23.1. The molecule has 6 nitrogen and oxygen atoms in total. The van der Waals surface area contributed by atoms with Gasteiger partial charge in [0.25, 0.3) is 5.69 Å². The summed E-state index contributed by atoms with van der Waals surface area (Å²) in [5.41, 5.74) is 5.68. The fourth-order valence-electron chi connectivity index (χ4n) is 2.72. The first-order chi connectivity index (χ1) is 11.9. The van der Waals surface area contributed by atoms with Gasteiger partial charge in [0, 0.05) is 34.1 Å². The van der Waals surface area contributed by atoms with E-state index in [-0.39, 0.29) is 28.4 Å². The molecular formula is C16H13F2N3O3S. The Hall–Kier alpha value is -2.68. The summed E-state index contributed by atoms with van der Waals surface area (Å²) in [4.78, 5) is 14.4. The number of halogens is 2. The Kier molecular flexibility index (Phi) is 4.58. The van der Waals surface area contributed by atoms with Crippen LogP contribution in [0.3, 0.4) is 0 Å². The quantitative estimate of drug-likeness (QED) is 0.668. The summed E-state index contributed by atoms with van der Waals surface area (Å²) in [6.45, 7) is 0. The van der Waals surface area contributed by atoms with Gasteiger partial charge in [0.15, 0.2) is 0 Å². The third-order valence-electron chi connectivity index (χ3n) is 3.90. The Labute approximate surface area is 144 Å². The van der Waals surface area contributed by atoms with E-state index >= 15 is 0 Å². The number of nitrogens with zero attached hydrogens (tertiary/aromatic N) is 2. The lowest BCUT2D eigenvalue weighted by Crippen LogP contribution is -2.34. The SMILES string of the molecule is NC1=NC(c2cc([N+](=O)[O-])ccc2F)CS(=O)C1c1ccccc1F. The molecule has 0 aliphatic carbocycles. The molecule has 2 aromatic carbocycles. The van der Waals surface area contributed by atoms with E-state index in [1.54, 1.807) is 6.07 Å². The summed E-state index contributed by atoms with van der Waals surface area (Å²) >= 11 is 0. The Bertz CT molecular complexity index is 904. The lowest BCUT2D eigenvalue weighted by molar-refractivity contribution is -0.385. The average Bonchev–Trinajstić information content (AvgIpc) is 2.56. The van der Waals surface area contributed by atoms with Gasteiger partial charge >= 0.3 is 0 Å². The van der Waals surface area contributed by atoms with E-state index in [0.29, 0.717) is 0 Å². The predicted molar refractivity (Wildman–Crippen MR) is 89.6 cm³/mol. The molecule has 25 heavy (non-hydrogen) atoms. The standard InChI is InChI=1S/C16H13F2N3O3S/c17-12-4-2-1-3-10(12)15-16(19)20-14(8-25(15)24)11-7-9(21(22)23)5-6-13(11)18/h1-7,14-15H,8H2,(H2,19,20). The van der Waals surface area contributed by atoms with Crippen molar-refractivity contribution in [2.45, 2.75) is 11.3 Å². The number of hydrogen-bond acceptors (Lipinski definition) is 5. The van der Waals surface area contributed by atoms with Crippen molar-refractivity contribution < 1.29 is 17.9 Å². The van der Waals surface area contributed by atoms with Gasteiger partial charge in [0.1, 0.15) is 22.7 Å². The van der Waals surface area contributed by atoms with E-state index in [1.807, 2.05) is 0 Å². The maximum atomic E-state index is 14.1. The number of benzene rings is 2. The summed E-state index contributed by atoms with van der Waals surface area (Å²) < 4.78 is 40.6. The Morgan fingerprint density at radius 1 is 1.16 bits per heavy atom. The fraction of sp³-hybridized carbons (Fsp3) is 0.188. The number of non-ortho nitro benzene ring substituents is 1. The van der Waals surface area contributed by atoms with Gasteiger partial charge < -0.3 is 5.73 Å². The number of nitro groups is 1. The molecule has 0 bridgehead atoms. The molecule has 9 heteroatoms. The molecule has 0 spiro atoms. The van der Waals surface area contributed by atoms with Crippen LogP contribution < -0.4 is 5.73 Å². The zero-order valence-electron chi connectivity index (χ0n) is 12.8. The van der Waals surface area contributed by atoms with Crippen LogP contribution in [0.1, 0.15) is 22.4 Å². The van der Waals surface area contributed by atoms with Crippen LogP contribution in [-0.4, -0.2) is 20.7 Å². The van der Waals surface area contributed by atoms with Gasteiger partial charge in [-0.15, -0.1) is 0 Å². The summed E-state index contributed by atoms with van der Waals surface area (Å²) in [6, 6.07) is 7.91. The Balaban J connectivity index is 2.01. The Morgan fingerprint density at radius 3 is 2.48 bits per heavy atom. The maximum absolute atomic E-state index is 14.1. The molecule has 0 fully saturated rings. The predicted octanol–water partition coefficient (Wildman–Crippen LogP) is 2.77. The molecular weight excluding hydrogens is 352 g/mol. The summed E-state index contributed by atoms with van der Waals surface area (Å²) in [5, 5.41) is 9.94. The molecule has 130 valence electrons. The number of amidine groups is 1. The smallest absolute Gasteiger partial charge is 0.269 e. The molecule has 0 saturated carbocycles. The third kappa shape index (κ3) is 3.27. The highest BCUT2D eigenvalue weighted by Crippen LogP contribution is 2.34. The van der Waals surface area contributed by atoms with Crippen molar-refractivity contribution in [2.24, 2.45) is 10.7 Å². The van der Waals surface area contributed by atoms with Crippen molar-refractivity contribution in [3.63, 3.8) is 0 Å². The summed E-state index contributed by atoms with van der Waals surface area (Å²) in [5.74, 6) is -1.46. The molecule has 2 N–H and O–H groups in total. The van der Waals surface area contributed by atoms with Crippen LogP contribution in [0.2, 0.25) is 0 Å². The average molecular weight is 365 g/mol. The van der Waals surface area contributed by atoms with Gasteiger partial charge in [-0.3, -0.25) is 19.3 Å². The molecule has 0 radical (unpaired) electrons. The second-order valence-electron chi connectivity index (χ2n) is 5.48. The van der Waals surface area contributed by atoms with Crippen LogP contribution in [0.25, 0.3) is 0 Å². The van der Waals surface area contributed by atoms with Crippen molar-refractivity contribution in [2.75, 3.05) is 5.75 Å². The molecule has 3 unspecified atom stereocenters. The molecule has 0 amide bonds. The monoisotopic (exact) mass is 365 g/mol. The molecule has 0 saturated heterocycles. The molecule has 1 heterocycles. The van der Waals surface area contributed by atoms with Crippen LogP contribution >= 0.6 is 0 Å². The second kappa shape index (κ2) is 6.67. The van der Waals surface area contributed by atoms with Gasteiger partial charge in [-0.2, -0.15) is 0 Å². The molecule has 1 aliphatic rings. The van der Waals surface area contributed by atoms with Crippen LogP contribution in [0.4, 0.5) is 14.5 Å².